The molecule has 0 radical (unpaired) electrons. The van der Waals surface area contributed by atoms with Crippen LogP contribution in [0.25, 0.3) is 10.9 Å². The first kappa shape index (κ1) is 24.5. The second-order valence-electron chi connectivity index (χ2n) is 8.29. The number of ether oxygens (including phenoxy) is 1. The third kappa shape index (κ3) is 6.11. The van der Waals surface area contributed by atoms with E-state index in [-0.39, 0.29) is 22.1 Å². The van der Waals surface area contributed by atoms with Gasteiger partial charge in [-0.2, -0.15) is 0 Å². The monoisotopic (exact) mass is 432 g/mol. The van der Waals surface area contributed by atoms with Crippen LogP contribution in [0.1, 0.15) is 53.4 Å². The van der Waals surface area contributed by atoms with Crippen LogP contribution < -0.4 is 15.6 Å². The van der Waals surface area contributed by atoms with Gasteiger partial charge in [-0.3, -0.25) is 9.59 Å². The van der Waals surface area contributed by atoms with Crippen LogP contribution in [-0.2, 0) is 11.3 Å². The van der Waals surface area contributed by atoms with Crippen molar-refractivity contribution < 1.29 is 9.53 Å². The maximum Gasteiger partial charge on any atom is 0.254 e. The van der Waals surface area contributed by atoms with Crippen LogP contribution in [0.5, 0.6) is 5.75 Å². The molecule has 1 aromatic carbocycles. The number of aryl methyl sites for hydroxylation is 1. The van der Waals surface area contributed by atoms with Crippen LogP contribution in [0.3, 0.4) is 0 Å². The Hall–Kier alpha value is -1.79. The third-order valence-corrected chi connectivity index (χ3v) is 7.03. The Morgan fingerprint density at radius 1 is 1.23 bits per heavy atom. The molecule has 1 heterocycles. The molecule has 2 rings (SSSR count). The van der Waals surface area contributed by atoms with E-state index < -0.39 is 0 Å². The van der Waals surface area contributed by atoms with Gasteiger partial charge in [0.1, 0.15) is 5.75 Å². The Morgan fingerprint density at radius 3 is 2.67 bits per heavy atom. The zero-order valence-corrected chi connectivity index (χ0v) is 19.8. The quantitative estimate of drug-likeness (QED) is 0.486. The van der Waals surface area contributed by atoms with E-state index in [0.717, 1.165) is 42.3 Å². The van der Waals surface area contributed by atoms with Gasteiger partial charge >= 0.3 is 0 Å². The van der Waals surface area contributed by atoms with E-state index >= 15 is 0 Å². The molecule has 0 fully saturated rings. The predicted octanol–water partition coefficient (Wildman–Crippen LogP) is 4.85. The van der Waals surface area contributed by atoms with Gasteiger partial charge < -0.3 is 14.6 Å². The maximum atomic E-state index is 12.5. The molecular weight excluding hydrogens is 396 g/mol. The van der Waals surface area contributed by atoms with Gasteiger partial charge in [-0.05, 0) is 51.8 Å². The zero-order valence-electron chi connectivity index (χ0n) is 19.0. The molecule has 1 N–H and O–H groups in total. The molecule has 0 bridgehead atoms. The molecule has 1 unspecified atom stereocenters. The molecule has 0 amide bonds. The minimum absolute atomic E-state index is 0.0149. The number of rotatable bonds is 12. The van der Waals surface area contributed by atoms with Gasteiger partial charge in [-0.15, -0.1) is 0 Å². The molecule has 166 valence electrons. The first-order chi connectivity index (χ1) is 14.3. The minimum Gasteiger partial charge on any atom is -0.493 e. The fourth-order valence-corrected chi connectivity index (χ4v) is 4.41. The number of unbranched alkanes of at least 4 members (excludes halogenated alkanes) is 2. The number of benzene rings is 1. The summed E-state index contributed by atoms with van der Waals surface area (Å²) >= 11 is 1.43. The van der Waals surface area contributed by atoms with Crippen molar-refractivity contribution >= 4 is 27.8 Å². The van der Waals surface area contributed by atoms with E-state index in [1.807, 2.05) is 56.7 Å². The molecule has 6 heteroatoms. The lowest BCUT2D eigenvalue weighted by Gasteiger charge is -2.29. The third-order valence-electron chi connectivity index (χ3n) is 5.75. The number of nitrogens with zero attached hydrogens (tertiary/aromatic N) is 1. The summed E-state index contributed by atoms with van der Waals surface area (Å²) in [4.78, 5) is 24.9. The van der Waals surface area contributed by atoms with Crippen molar-refractivity contribution in [2.24, 2.45) is 5.41 Å². The highest BCUT2D eigenvalue weighted by Gasteiger charge is 2.32. The standard InChI is InChI=1S/C24H36N2O3S/c1-6-14-26-20-13-9-8-12-19(20)21(17-22(26)27)29-15-10-7-11-16-30-23(28)24(3,4)18(2)25-5/h8-9,12-13,17-18,25H,6-7,10-11,14-16H2,1-5H3. The molecule has 1 atom stereocenters. The van der Waals surface area contributed by atoms with Crippen LogP contribution in [0.4, 0.5) is 0 Å². The number of carbonyl (C=O) groups is 1. The van der Waals surface area contributed by atoms with Crippen molar-refractivity contribution in [3.8, 4) is 5.75 Å². The van der Waals surface area contributed by atoms with Gasteiger partial charge in [0, 0.05) is 35.2 Å². The number of thioether (sulfide) groups is 1. The Labute approximate surface area is 184 Å². The zero-order chi connectivity index (χ0) is 22.1. The van der Waals surface area contributed by atoms with Crippen LogP contribution in [0.15, 0.2) is 35.1 Å². The first-order valence-electron chi connectivity index (χ1n) is 10.9. The number of hydrogen-bond acceptors (Lipinski definition) is 5. The molecule has 0 saturated carbocycles. The van der Waals surface area contributed by atoms with E-state index in [0.29, 0.717) is 18.9 Å². The summed E-state index contributed by atoms with van der Waals surface area (Å²) in [5.41, 5.74) is 0.538. The molecule has 0 spiro atoms. The molecule has 0 saturated heterocycles. The normalized spacial score (nSPS) is 12.8. The number of para-hydroxylation sites is 1. The summed E-state index contributed by atoms with van der Waals surface area (Å²) in [6.07, 6.45) is 3.78. The van der Waals surface area contributed by atoms with Gasteiger partial charge in [0.05, 0.1) is 12.1 Å². The number of hydrogen-bond donors (Lipinski definition) is 1. The van der Waals surface area contributed by atoms with E-state index in [2.05, 4.69) is 12.2 Å². The minimum atomic E-state index is -0.373. The Kier molecular flexibility index (Phi) is 9.43. The van der Waals surface area contributed by atoms with Gasteiger partial charge in [-0.25, -0.2) is 0 Å². The van der Waals surface area contributed by atoms with Crippen molar-refractivity contribution in [3.63, 3.8) is 0 Å². The summed E-state index contributed by atoms with van der Waals surface area (Å²) in [6, 6.07) is 9.66. The van der Waals surface area contributed by atoms with E-state index in [4.69, 9.17) is 4.74 Å². The van der Waals surface area contributed by atoms with Gasteiger partial charge in [0.2, 0.25) is 0 Å². The molecule has 30 heavy (non-hydrogen) atoms. The van der Waals surface area contributed by atoms with Crippen LogP contribution in [0, 0.1) is 5.41 Å². The highest BCUT2D eigenvalue weighted by atomic mass is 32.2. The van der Waals surface area contributed by atoms with Crippen molar-refractivity contribution in [2.45, 2.75) is 66.0 Å². The molecule has 2 aromatic rings. The Morgan fingerprint density at radius 2 is 1.97 bits per heavy atom. The van der Waals surface area contributed by atoms with Crippen LogP contribution >= 0.6 is 11.8 Å². The van der Waals surface area contributed by atoms with Crippen molar-refractivity contribution in [1.29, 1.82) is 0 Å². The average molecular weight is 433 g/mol. The highest BCUT2D eigenvalue weighted by molar-refractivity contribution is 8.13. The summed E-state index contributed by atoms with van der Waals surface area (Å²) < 4.78 is 7.78. The lowest BCUT2D eigenvalue weighted by Crippen LogP contribution is -2.42. The van der Waals surface area contributed by atoms with Gasteiger partial charge in [0.15, 0.2) is 5.12 Å². The SMILES string of the molecule is CCCn1c(=O)cc(OCCCCCSC(=O)C(C)(C)C(C)NC)c2ccccc21. The van der Waals surface area contributed by atoms with Gasteiger partial charge in [-0.1, -0.05) is 44.7 Å². The maximum absolute atomic E-state index is 12.5. The summed E-state index contributed by atoms with van der Waals surface area (Å²) in [5.74, 6) is 1.49. The van der Waals surface area contributed by atoms with Crippen LogP contribution in [-0.4, -0.2) is 35.1 Å². The first-order valence-corrected chi connectivity index (χ1v) is 11.9. The molecular formula is C24H36N2O3S. The second-order valence-corrected chi connectivity index (χ2v) is 9.36. The molecule has 0 aliphatic rings. The molecule has 0 aliphatic carbocycles. The lowest BCUT2D eigenvalue weighted by molar-refractivity contribution is -0.119. The predicted molar refractivity (Wildman–Crippen MR) is 128 cm³/mol. The molecule has 0 aliphatic heterocycles. The summed E-state index contributed by atoms with van der Waals surface area (Å²) in [5, 5.41) is 4.39. The van der Waals surface area contributed by atoms with E-state index in [1.54, 1.807) is 6.07 Å². The largest absolute Gasteiger partial charge is 0.493 e. The average Bonchev–Trinajstić information content (AvgIpc) is 2.74. The van der Waals surface area contributed by atoms with Gasteiger partial charge in [0.25, 0.3) is 5.56 Å². The second kappa shape index (κ2) is 11.6. The number of fused-ring (bicyclic) bond motifs is 1. The smallest absolute Gasteiger partial charge is 0.254 e. The Bertz CT molecular complexity index is 892. The number of pyridine rings is 1. The fourth-order valence-electron chi connectivity index (χ4n) is 3.33. The summed E-state index contributed by atoms with van der Waals surface area (Å²) in [7, 11) is 1.89. The van der Waals surface area contributed by atoms with E-state index in [9.17, 15) is 9.59 Å². The number of carbonyl (C=O) groups excluding carboxylic acids is 1. The Balaban J connectivity index is 1.82. The van der Waals surface area contributed by atoms with E-state index in [1.165, 1.54) is 11.8 Å². The van der Waals surface area contributed by atoms with Crippen molar-refractivity contribution in [2.75, 3.05) is 19.4 Å². The fraction of sp³-hybridized carbons (Fsp3) is 0.583. The number of nitrogens with one attached hydrogen (secondary N) is 1. The van der Waals surface area contributed by atoms with Crippen molar-refractivity contribution in [3.05, 3.63) is 40.7 Å². The number of aromatic nitrogens is 1. The molecule has 1 aromatic heterocycles. The lowest BCUT2D eigenvalue weighted by atomic mass is 9.87. The van der Waals surface area contributed by atoms with Crippen molar-refractivity contribution in [1.82, 2.24) is 9.88 Å². The molecule has 5 nitrogen and oxygen atoms in total. The highest BCUT2D eigenvalue weighted by Crippen LogP contribution is 2.28. The topological polar surface area (TPSA) is 60.3 Å². The summed E-state index contributed by atoms with van der Waals surface area (Å²) in [6.45, 7) is 9.38. The van der Waals surface area contributed by atoms with Crippen LogP contribution in [0.2, 0.25) is 0 Å².